The average molecular weight is 405 g/mol. The summed E-state index contributed by atoms with van der Waals surface area (Å²) in [4.78, 5) is 32.1. The number of rotatable bonds is 5. The van der Waals surface area contributed by atoms with Gasteiger partial charge in [0, 0.05) is 23.0 Å². The minimum atomic E-state index is -0.721. The van der Waals surface area contributed by atoms with Crippen molar-refractivity contribution in [1.82, 2.24) is 20.2 Å². The highest BCUT2D eigenvalue weighted by Gasteiger charge is 2.19. The fraction of sp³-hybridized carbons (Fsp3) is 0.125. The molecule has 9 nitrogen and oxygen atoms in total. The van der Waals surface area contributed by atoms with E-state index >= 15 is 0 Å². The topological polar surface area (TPSA) is 133 Å². The molecule has 0 radical (unpaired) electrons. The molecule has 0 aliphatic heterocycles. The lowest BCUT2D eigenvalue weighted by Gasteiger charge is -2.13. The molecule has 0 bridgehead atoms. The number of anilines is 1. The van der Waals surface area contributed by atoms with E-state index in [-0.39, 0.29) is 20.9 Å². The zero-order valence-electron chi connectivity index (χ0n) is 14.2. The van der Waals surface area contributed by atoms with Crippen LogP contribution in [0.4, 0.5) is 5.13 Å². The van der Waals surface area contributed by atoms with Gasteiger partial charge in [0.1, 0.15) is 10.9 Å². The van der Waals surface area contributed by atoms with Crippen molar-refractivity contribution in [1.29, 1.82) is 0 Å². The summed E-state index contributed by atoms with van der Waals surface area (Å²) < 4.78 is 5.33. The van der Waals surface area contributed by atoms with Crippen molar-refractivity contribution < 1.29 is 14.3 Å². The van der Waals surface area contributed by atoms with E-state index < -0.39 is 11.8 Å². The summed E-state index contributed by atoms with van der Waals surface area (Å²) in [6.45, 7) is 1.80. The van der Waals surface area contributed by atoms with E-state index in [1.54, 1.807) is 19.1 Å². The molecule has 2 amide bonds. The number of amides is 2. The van der Waals surface area contributed by atoms with Crippen molar-refractivity contribution in [3.05, 3.63) is 45.9 Å². The van der Waals surface area contributed by atoms with Gasteiger partial charge in [0.05, 0.1) is 18.9 Å². The summed E-state index contributed by atoms with van der Waals surface area (Å²) in [6.07, 6.45) is 2.91. The Hall–Kier alpha value is -3.11. The first-order valence-electron chi connectivity index (χ1n) is 7.50. The quantitative estimate of drug-likeness (QED) is 0.623. The number of primary amides is 1. The predicted octanol–water partition coefficient (Wildman–Crippen LogP) is 2.32. The zero-order valence-corrected chi connectivity index (χ0v) is 15.8. The van der Waals surface area contributed by atoms with E-state index in [2.05, 4.69) is 25.5 Å². The van der Waals surface area contributed by atoms with Gasteiger partial charge in [-0.05, 0) is 19.1 Å². The van der Waals surface area contributed by atoms with Crippen LogP contribution in [-0.4, -0.2) is 39.1 Å². The molecule has 3 heterocycles. The predicted molar refractivity (Wildman–Crippen MR) is 100 cm³/mol. The van der Waals surface area contributed by atoms with Gasteiger partial charge in [-0.15, -0.1) is 10.2 Å². The molecule has 0 spiro atoms. The smallest absolute Gasteiger partial charge is 0.279 e. The van der Waals surface area contributed by atoms with Gasteiger partial charge in [0.15, 0.2) is 0 Å². The molecule has 3 rings (SSSR count). The monoisotopic (exact) mass is 404 g/mol. The number of halogens is 1. The Bertz CT molecular complexity index is 1040. The van der Waals surface area contributed by atoms with Crippen LogP contribution in [0.5, 0.6) is 5.75 Å². The molecular formula is C16H13ClN6O3S. The summed E-state index contributed by atoms with van der Waals surface area (Å²) >= 11 is 6.89. The number of hydrogen-bond donors (Lipinski definition) is 2. The molecule has 3 aromatic rings. The molecule has 0 unspecified atom stereocenters. The van der Waals surface area contributed by atoms with Crippen molar-refractivity contribution in [3.8, 4) is 16.9 Å². The number of ether oxygens (including phenoxy) is 1. The molecule has 3 N–H and O–H groups in total. The molecule has 0 fully saturated rings. The first-order chi connectivity index (χ1) is 12.9. The zero-order chi connectivity index (χ0) is 19.6. The Morgan fingerprint density at radius 1 is 1.19 bits per heavy atom. The van der Waals surface area contributed by atoms with Crippen molar-refractivity contribution in [2.24, 2.45) is 5.73 Å². The Morgan fingerprint density at radius 3 is 2.63 bits per heavy atom. The van der Waals surface area contributed by atoms with Crippen molar-refractivity contribution in [2.45, 2.75) is 6.92 Å². The largest absolute Gasteiger partial charge is 0.494 e. The number of aryl methyl sites for hydroxylation is 1. The third-order valence-corrected chi connectivity index (χ3v) is 4.55. The fourth-order valence-electron chi connectivity index (χ4n) is 2.29. The van der Waals surface area contributed by atoms with Crippen LogP contribution < -0.4 is 15.8 Å². The average Bonchev–Trinajstić information content (AvgIpc) is 3.10. The van der Waals surface area contributed by atoms with Gasteiger partial charge in [-0.3, -0.25) is 19.9 Å². The normalized spacial score (nSPS) is 10.5. The SMILES string of the molecule is COc1cnc(Cl)cc1-c1cc(C)ncc1C(=O)Nc1nnc(C(N)=O)s1. The number of pyridine rings is 2. The van der Waals surface area contributed by atoms with Crippen LogP contribution in [0.1, 0.15) is 25.9 Å². The van der Waals surface area contributed by atoms with Crippen LogP contribution in [0.3, 0.4) is 0 Å². The fourth-order valence-corrected chi connectivity index (χ4v) is 3.04. The lowest BCUT2D eigenvalue weighted by atomic mass is 10.0. The highest BCUT2D eigenvalue weighted by atomic mass is 35.5. The summed E-state index contributed by atoms with van der Waals surface area (Å²) in [5.74, 6) is -0.757. The molecule has 3 aromatic heterocycles. The molecule has 0 aromatic carbocycles. The second-order valence-electron chi connectivity index (χ2n) is 5.31. The van der Waals surface area contributed by atoms with Crippen molar-refractivity contribution in [3.63, 3.8) is 0 Å². The maximum atomic E-state index is 12.8. The first-order valence-corrected chi connectivity index (χ1v) is 8.69. The molecule has 11 heteroatoms. The molecule has 27 heavy (non-hydrogen) atoms. The number of nitrogens with two attached hydrogens (primary N) is 1. The van der Waals surface area contributed by atoms with Crippen molar-refractivity contribution >= 4 is 39.9 Å². The second-order valence-corrected chi connectivity index (χ2v) is 6.67. The maximum Gasteiger partial charge on any atom is 0.279 e. The van der Waals surface area contributed by atoms with Crippen LogP contribution >= 0.6 is 22.9 Å². The number of carbonyl (C=O) groups excluding carboxylic acids is 2. The molecule has 0 aliphatic carbocycles. The molecule has 0 saturated heterocycles. The van der Waals surface area contributed by atoms with Gasteiger partial charge >= 0.3 is 0 Å². The summed E-state index contributed by atoms with van der Waals surface area (Å²) in [5, 5.41) is 10.3. The molecular weight excluding hydrogens is 392 g/mol. The van der Waals surface area contributed by atoms with Crippen LogP contribution in [0.15, 0.2) is 24.5 Å². The molecule has 0 aliphatic rings. The van der Waals surface area contributed by atoms with Crippen LogP contribution in [0.25, 0.3) is 11.1 Å². The Labute approximate surface area is 162 Å². The Kier molecular flexibility index (Phi) is 5.28. The minimum Gasteiger partial charge on any atom is -0.494 e. The van der Waals surface area contributed by atoms with E-state index in [0.717, 1.165) is 11.3 Å². The van der Waals surface area contributed by atoms with E-state index in [9.17, 15) is 9.59 Å². The van der Waals surface area contributed by atoms with Gasteiger partial charge in [-0.25, -0.2) is 4.98 Å². The standard InChI is InChI=1S/C16H13ClN6O3S/c1-7-3-8(9-4-12(17)20-6-11(9)26-2)10(5-19-7)14(25)21-16-23-22-15(27-16)13(18)24/h3-6H,1-2H3,(H2,18,24)(H,21,23,25). The number of aromatic nitrogens is 4. The second kappa shape index (κ2) is 7.64. The highest BCUT2D eigenvalue weighted by molar-refractivity contribution is 7.17. The number of nitrogens with one attached hydrogen (secondary N) is 1. The third-order valence-electron chi connectivity index (χ3n) is 3.49. The van der Waals surface area contributed by atoms with Crippen LogP contribution in [0, 0.1) is 6.92 Å². The van der Waals surface area contributed by atoms with Crippen molar-refractivity contribution in [2.75, 3.05) is 12.4 Å². The molecule has 0 atom stereocenters. The van der Waals surface area contributed by atoms with E-state index in [1.165, 1.54) is 19.5 Å². The van der Waals surface area contributed by atoms with Gasteiger partial charge < -0.3 is 10.5 Å². The van der Waals surface area contributed by atoms with Crippen LogP contribution in [0.2, 0.25) is 5.15 Å². The Morgan fingerprint density at radius 2 is 1.96 bits per heavy atom. The lowest BCUT2D eigenvalue weighted by Crippen LogP contribution is -2.14. The molecule has 0 saturated carbocycles. The summed E-state index contributed by atoms with van der Waals surface area (Å²) in [5.41, 5.74) is 7.25. The first kappa shape index (κ1) is 18.7. The van der Waals surface area contributed by atoms with Gasteiger partial charge in [-0.1, -0.05) is 22.9 Å². The number of carbonyl (C=O) groups is 2. The number of hydrogen-bond acceptors (Lipinski definition) is 8. The van der Waals surface area contributed by atoms with E-state index in [0.29, 0.717) is 22.6 Å². The number of methoxy groups -OCH3 is 1. The lowest BCUT2D eigenvalue weighted by molar-refractivity contribution is 0.0997. The molecule has 138 valence electrons. The summed E-state index contributed by atoms with van der Waals surface area (Å²) in [7, 11) is 1.49. The van der Waals surface area contributed by atoms with Gasteiger partial charge in [-0.2, -0.15) is 0 Å². The van der Waals surface area contributed by atoms with Crippen LogP contribution in [-0.2, 0) is 0 Å². The van der Waals surface area contributed by atoms with E-state index in [4.69, 9.17) is 22.1 Å². The van der Waals surface area contributed by atoms with Gasteiger partial charge in [0.2, 0.25) is 10.1 Å². The maximum absolute atomic E-state index is 12.8. The third kappa shape index (κ3) is 4.01. The minimum absolute atomic E-state index is 0.00450. The summed E-state index contributed by atoms with van der Waals surface area (Å²) in [6, 6.07) is 3.33. The van der Waals surface area contributed by atoms with Gasteiger partial charge in [0.25, 0.3) is 11.8 Å². The number of nitrogens with zero attached hydrogens (tertiary/aromatic N) is 4. The highest BCUT2D eigenvalue weighted by Crippen LogP contribution is 2.34. The van der Waals surface area contributed by atoms with E-state index in [1.807, 2.05) is 0 Å². The Balaban J connectivity index is 2.02.